The smallest absolute Gasteiger partial charge is 0.118 e. The van der Waals surface area contributed by atoms with E-state index in [9.17, 15) is 5.11 Å². The van der Waals surface area contributed by atoms with E-state index >= 15 is 0 Å². The highest BCUT2D eigenvalue weighted by Crippen LogP contribution is 2.21. The van der Waals surface area contributed by atoms with E-state index in [0.29, 0.717) is 6.54 Å². The normalized spacial score (nSPS) is 16.9. The molecule has 1 unspecified atom stereocenters. The van der Waals surface area contributed by atoms with E-state index in [-0.39, 0.29) is 0 Å². The van der Waals surface area contributed by atoms with Gasteiger partial charge in [0, 0.05) is 38.4 Å². The Labute approximate surface area is 144 Å². The maximum atomic E-state index is 10.5. The summed E-state index contributed by atoms with van der Waals surface area (Å²) >= 11 is 0. The van der Waals surface area contributed by atoms with Crippen molar-refractivity contribution in [2.75, 3.05) is 44.7 Å². The van der Waals surface area contributed by atoms with E-state index in [1.54, 1.807) is 7.11 Å². The largest absolute Gasteiger partial charge is 0.497 e. The number of piperazine rings is 1. The lowest BCUT2D eigenvalue weighted by Crippen LogP contribution is -2.47. The third-order valence-electron chi connectivity index (χ3n) is 4.70. The minimum atomic E-state index is -0.457. The van der Waals surface area contributed by atoms with Gasteiger partial charge in [-0.3, -0.25) is 4.90 Å². The van der Waals surface area contributed by atoms with Crippen molar-refractivity contribution in [3.05, 3.63) is 59.7 Å². The first-order valence-electron chi connectivity index (χ1n) is 8.51. The van der Waals surface area contributed by atoms with Crippen molar-refractivity contribution in [1.82, 2.24) is 4.90 Å². The molecule has 1 saturated heterocycles. The molecular weight excluding hydrogens is 300 g/mol. The van der Waals surface area contributed by atoms with Crippen LogP contribution in [0.25, 0.3) is 0 Å². The van der Waals surface area contributed by atoms with Gasteiger partial charge in [0.05, 0.1) is 13.2 Å². The van der Waals surface area contributed by atoms with Gasteiger partial charge in [-0.1, -0.05) is 29.8 Å². The summed E-state index contributed by atoms with van der Waals surface area (Å²) < 4.78 is 5.16. The average molecular weight is 326 g/mol. The number of nitrogens with zero attached hydrogens (tertiary/aromatic N) is 2. The van der Waals surface area contributed by atoms with Gasteiger partial charge in [-0.2, -0.15) is 0 Å². The third kappa shape index (κ3) is 4.08. The van der Waals surface area contributed by atoms with Crippen LogP contribution in [-0.4, -0.2) is 49.8 Å². The summed E-state index contributed by atoms with van der Waals surface area (Å²) in [5, 5.41) is 10.5. The molecule has 2 aromatic rings. The summed E-state index contributed by atoms with van der Waals surface area (Å²) in [6, 6.07) is 16.4. The summed E-state index contributed by atoms with van der Waals surface area (Å²) in [6.07, 6.45) is -0.457. The van der Waals surface area contributed by atoms with E-state index in [2.05, 4.69) is 41.0 Å². The molecule has 1 atom stereocenters. The van der Waals surface area contributed by atoms with E-state index in [0.717, 1.165) is 37.5 Å². The maximum Gasteiger partial charge on any atom is 0.118 e. The van der Waals surface area contributed by atoms with Gasteiger partial charge < -0.3 is 14.7 Å². The molecule has 0 aromatic heterocycles. The quantitative estimate of drug-likeness (QED) is 0.916. The first-order chi connectivity index (χ1) is 11.7. The molecule has 128 valence electrons. The summed E-state index contributed by atoms with van der Waals surface area (Å²) in [6.45, 7) is 6.73. The van der Waals surface area contributed by atoms with Crippen LogP contribution < -0.4 is 9.64 Å². The standard InChI is InChI=1S/C20H26N2O2/c1-16-3-7-18(8-4-16)22-13-11-21(12-14-22)15-20(23)17-5-9-19(24-2)10-6-17/h3-10,20,23H,11-15H2,1-2H3. The van der Waals surface area contributed by atoms with Gasteiger partial charge >= 0.3 is 0 Å². The van der Waals surface area contributed by atoms with Crippen LogP contribution in [0.2, 0.25) is 0 Å². The molecule has 1 aliphatic heterocycles. The second-order valence-corrected chi connectivity index (χ2v) is 6.41. The number of methoxy groups -OCH3 is 1. The van der Waals surface area contributed by atoms with Crippen LogP contribution in [0.5, 0.6) is 5.75 Å². The topological polar surface area (TPSA) is 35.9 Å². The van der Waals surface area contributed by atoms with Gasteiger partial charge in [0.25, 0.3) is 0 Å². The maximum absolute atomic E-state index is 10.5. The van der Waals surface area contributed by atoms with Crippen LogP contribution in [0.3, 0.4) is 0 Å². The highest BCUT2D eigenvalue weighted by Gasteiger charge is 2.20. The van der Waals surface area contributed by atoms with Crippen LogP contribution in [0.15, 0.2) is 48.5 Å². The lowest BCUT2D eigenvalue weighted by molar-refractivity contribution is 0.109. The summed E-state index contributed by atoms with van der Waals surface area (Å²) in [5.74, 6) is 0.817. The minimum Gasteiger partial charge on any atom is -0.497 e. The van der Waals surface area contributed by atoms with E-state index in [1.807, 2.05) is 24.3 Å². The number of aryl methyl sites for hydroxylation is 1. The molecule has 1 heterocycles. The van der Waals surface area contributed by atoms with Crippen molar-refractivity contribution >= 4 is 5.69 Å². The van der Waals surface area contributed by atoms with E-state index in [4.69, 9.17) is 4.74 Å². The van der Waals surface area contributed by atoms with Crippen LogP contribution in [0.4, 0.5) is 5.69 Å². The van der Waals surface area contributed by atoms with Gasteiger partial charge in [-0.25, -0.2) is 0 Å². The van der Waals surface area contributed by atoms with Crippen molar-refractivity contribution in [3.8, 4) is 5.75 Å². The van der Waals surface area contributed by atoms with E-state index < -0.39 is 6.10 Å². The monoisotopic (exact) mass is 326 g/mol. The average Bonchev–Trinajstić information content (AvgIpc) is 2.63. The SMILES string of the molecule is COc1ccc(C(O)CN2CCN(c3ccc(C)cc3)CC2)cc1. The van der Waals surface area contributed by atoms with Gasteiger partial charge in [0.2, 0.25) is 0 Å². The van der Waals surface area contributed by atoms with Crippen LogP contribution in [0.1, 0.15) is 17.2 Å². The molecule has 0 radical (unpaired) electrons. The Balaban J connectivity index is 1.51. The number of benzene rings is 2. The molecule has 0 spiro atoms. The Hall–Kier alpha value is -2.04. The summed E-state index contributed by atoms with van der Waals surface area (Å²) in [4.78, 5) is 4.75. The molecule has 24 heavy (non-hydrogen) atoms. The van der Waals surface area contributed by atoms with Gasteiger partial charge in [0.15, 0.2) is 0 Å². The molecule has 1 fully saturated rings. The molecule has 3 rings (SSSR count). The fourth-order valence-electron chi connectivity index (χ4n) is 3.12. The molecule has 4 nitrogen and oxygen atoms in total. The summed E-state index contributed by atoms with van der Waals surface area (Å²) in [5.41, 5.74) is 3.52. The second kappa shape index (κ2) is 7.69. The Morgan fingerprint density at radius 2 is 1.58 bits per heavy atom. The molecule has 0 amide bonds. The van der Waals surface area contributed by atoms with Crippen molar-refractivity contribution in [1.29, 1.82) is 0 Å². The summed E-state index contributed by atoms with van der Waals surface area (Å²) in [7, 11) is 1.65. The number of β-amino-alcohol motifs (C(OH)–C–C–N with tert-alkyl or cyclic N) is 1. The minimum absolute atomic E-state index is 0.457. The van der Waals surface area contributed by atoms with Gasteiger partial charge in [0.1, 0.15) is 5.75 Å². The number of hydrogen-bond acceptors (Lipinski definition) is 4. The highest BCUT2D eigenvalue weighted by molar-refractivity contribution is 5.47. The second-order valence-electron chi connectivity index (χ2n) is 6.41. The molecule has 0 saturated carbocycles. The lowest BCUT2D eigenvalue weighted by atomic mass is 10.1. The molecule has 4 heteroatoms. The first kappa shape index (κ1) is 16.8. The van der Waals surface area contributed by atoms with Crippen LogP contribution in [0, 0.1) is 6.92 Å². The van der Waals surface area contributed by atoms with Crippen molar-refractivity contribution in [3.63, 3.8) is 0 Å². The molecule has 0 bridgehead atoms. The Bertz CT molecular complexity index is 632. The molecular formula is C20H26N2O2. The molecule has 1 aliphatic rings. The zero-order chi connectivity index (χ0) is 16.9. The van der Waals surface area contributed by atoms with Crippen LogP contribution in [-0.2, 0) is 0 Å². The number of aliphatic hydroxyl groups is 1. The highest BCUT2D eigenvalue weighted by atomic mass is 16.5. The Morgan fingerprint density at radius 1 is 0.958 bits per heavy atom. The van der Waals surface area contributed by atoms with E-state index in [1.165, 1.54) is 11.3 Å². The Kier molecular flexibility index (Phi) is 5.38. The number of aliphatic hydroxyl groups excluding tert-OH is 1. The van der Waals surface area contributed by atoms with Crippen molar-refractivity contribution < 1.29 is 9.84 Å². The van der Waals surface area contributed by atoms with Gasteiger partial charge in [-0.05, 0) is 36.8 Å². The first-order valence-corrected chi connectivity index (χ1v) is 8.51. The number of rotatable bonds is 5. The number of ether oxygens (including phenoxy) is 1. The van der Waals surface area contributed by atoms with Crippen LogP contribution >= 0.6 is 0 Å². The predicted molar refractivity (Wildman–Crippen MR) is 97.8 cm³/mol. The van der Waals surface area contributed by atoms with Crippen molar-refractivity contribution in [2.45, 2.75) is 13.0 Å². The molecule has 2 aromatic carbocycles. The predicted octanol–water partition coefficient (Wildman–Crippen LogP) is 2.86. The fourth-order valence-corrected chi connectivity index (χ4v) is 3.12. The lowest BCUT2D eigenvalue weighted by Gasteiger charge is -2.37. The third-order valence-corrected chi connectivity index (χ3v) is 4.70. The molecule has 0 aliphatic carbocycles. The van der Waals surface area contributed by atoms with Gasteiger partial charge in [-0.15, -0.1) is 0 Å². The number of hydrogen-bond donors (Lipinski definition) is 1. The Morgan fingerprint density at radius 3 is 2.17 bits per heavy atom. The van der Waals surface area contributed by atoms with Crippen molar-refractivity contribution in [2.24, 2.45) is 0 Å². The zero-order valence-electron chi connectivity index (χ0n) is 14.5. The number of anilines is 1. The zero-order valence-corrected chi connectivity index (χ0v) is 14.5. The molecule has 1 N–H and O–H groups in total. The fraction of sp³-hybridized carbons (Fsp3) is 0.400.